The summed E-state index contributed by atoms with van der Waals surface area (Å²) in [5, 5.41) is 10.7. The Morgan fingerprint density at radius 2 is 2.10 bits per heavy atom. The van der Waals surface area contributed by atoms with Gasteiger partial charge in [-0.1, -0.05) is 41.4 Å². The summed E-state index contributed by atoms with van der Waals surface area (Å²) >= 11 is 7.21. The Hall–Kier alpha value is -0.710. The van der Waals surface area contributed by atoms with Gasteiger partial charge in [0.05, 0.1) is 5.69 Å². The van der Waals surface area contributed by atoms with Gasteiger partial charge in [-0.2, -0.15) is 0 Å². The molecule has 0 fully saturated rings. The van der Waals surface area contributed by atoms with E-state index in [2.05, 4.69) is 62.0 Å². The number of aliphatic hydroxyl groups is 1. The number of pyridine rings is 1. The van der Waals surface area contributed by atoms with Gasteiger partial charge in [-0.05, 0) is 63.5 Å². The molecule has 110 valence electrons. The molecule has 0 amide bonds. The van der Waals surface area contributed by atoms with E-state index in [0.29, 0.717) is 0 Å². The smallest absolute Gasteiger partial charge is 0.122 e. The zero-order valence-electron chi connectivity index (χ0n) is 11.9. The molecule has 1 aliphatic carbocycles. The zero-order chi connectivity index (χ0) is 15.0. The van der Waals surface area contributed by atoms with Gasteiger partial charge in [0.1, 0.15) is 6.10 Å². The number of halogens is 2. The minimum atomic E-state index is -0.641. The summed E-state index contributed by atoms with van der Waals surface area (Å²) in [6, 6.07) is 6.26. The van der Waals surface area contributed by atoms with Gasteiger partial charge in [0, 0.05) is 15.1 Å². The maximum atomic E-state index is 10.7. The fourth-order valence-electron chi connectivity index (χ4n) is 3.00. The quantitative estimate of drug-likeness (QED) is 0.775. The van der Waals surface area contributed by atoms with Crippen LogP contribution >= 0.6 is 31.9 Å². The monoisotopic (exact) mass is 409 g/mol. The van der Waals surface area contributed by atoms with Crippen molar-refractivity contribution in [2.24, 2.45) is 0 Å². The molecule has 0 saturated carbocycles. The summed E-state index contributed by atoms with van der Waals surface area (Å²) in [7, 11) is 0. The molecule has 0 saturated heterocycles. The average molecular weight is 411 g/mol. The van der Waals surface area contributed by atoms with E-state index < -0.39 is 6.10 Å². The summed E-state index contributed by atoms with van der Waals surface area (Å²) in [5.74, 6) is 0. The molecule has 1 aliphatic rings. The molecule has 1 aromatic carbocycles. The van der Waals surface area contributed by atoms with Gasteiger partial charge >= 0.3 is 0 Å². The van der Waals surface area contributed by atoms with Crippen LogP contribution in [0.15, 0.2) is 33.3 Å². The van der Waals surface area contributed by atoms with Crippen molar-refractivity contribution in [3.8, 4) is 0 Å². The molecular weight excluding hydrogens is 394 g/mol. The van der Waals surface area contributed by atoms with Gasteiger partial charge in [0.25, 0.3) is 0 Å². The molecule has 0 spiro atoms. The second-order valence-corrected chi connectivity index (χ2v) is 7.17. The molecule has 1 atom stereocenters. The van der Waals surface area contributed by atoms with E-state index >= 15 is 0 Å². The summed E-state index contributed by atoms with van der Waals surface area (Å²) in [4.78, 5) is 4.43. The Morgan fingerprint density at radius 3 is 2.86 bits per heavy atom. The van der Waals surface area contributed by atoms with Gasteiger partial charge < -0.3 is 5.11 Å². The summed E-state index contributed by atoms with van der Waals surface area (Å²) in [6.07, 6.45) is 5.12. The maximum Gasteiger partial charge on any atom is 0.122 e. The Balaban J connectivity index is 2.11. The van der Waals surface area contributed by atoms with Crippen LogP contribution in [-0.2, 0) is 19.3 Å². The van der Waals surface area contributed by atoms with E-state index in [0.717, 1.165) is 51.4 Å². The van der Waals surface area contributed by atoms with Crippen LogP contribution in [-0.4, -0.2) is 10.1 Å². The van der Waals surface area contributed by atoms with Crippen LogP contribution in [0.3, 0.4) is 0 Å². The van der Waals surface area contributed by atoms with E-state index in [1.54, 1.807) is 6.20 Å². The first-order valence-corrected chi connectivity index (χ1v) is 8.83. The van der Waals surface area contributed by atoms with Crippen LogP contribution in [0.5, 0.6) is 0 Å². The van der Waals surface area contributed by atoms with Gasteiger partial charge in [-0.25, -0.2) is 0 Å². The number of aromatic nitrogens is 1. The molecule has 0 radical (unpaired) electrons. The lowest BCUT2D eigenvalue weighted by Crippen LogP contribution is -2.06. The lowest BCUT2D eigenvalue weighted by atomic mass is 9.96. The van der Waals surface area contributed by atoms with Crippen molar-refractivity contribution in [3.05, 3.63) is 61.3 Å². The molecule has 1 N–H and O–H groups in total. The van der Waals surface area contributed by atoms with E-state index in [-0.39, 0.29) is 0 Å². The molecule has 0 bridgehead atoms. The number of hydrogen-bond acceptors (Lipinski definition) is 2. The fraction of sp³-hybridized carbons (Fsp3) is 0.353. The van der Waals surface area contributed by atoms with Crippen LogP contribution in [0.1, 0.15) is 47.4 Å². The third-order valence-corrected chi connectivity index (χ3v) is 5.47. The van der Waals surface area contributed by atoms with Crippen LogP contribution in [0.25, 0.3) is 0 Å². The molecule has 1 aromatic heterocycles. The summed E-state index contributed by atoms with van der Waals surface area (Å²) in [5.41, 5.74) is 5.44. The molecule has 21 heavy (non-hydrogen) atoms. The van der Waals surface area contributed by atoms with Gasteiger partial charge in [-0.3, -0.25) is 4.98 Å². The Kier molecular flexibility index (Phi) is 4.48. The fourth-order valence-corrected chi connectivity index (χ4v) is 4.14. The number of aliphatic hydroxyl groups excluding tert-OH is 1. The Morgan fingerprint density at radius 1 is 1.29 bits per heavy atom. The number of nitrogens with zero attached hydrogens (tertiary/aromatic N) is 1. The summed E-state index contributed by atoms with van der Waals surface area (Å²) < 4.78 is 2.12. The zero-order valence-corrected chi connectivity index (χ0v) is 15.0. The van der Waals surface area contributed by atoms with Crippen LogP contribution in [0.2, 0.25) is 0 Å². The number of hydrogen-bond donors (Lipinski definition) is 1. The van der Waals surface area contributed by atoms with Crippen molar-refractivity contribution >= 4 is 31.9 Å². The van der Waals surface area contributed by atoms with E-state index in [4.69, 9.17) is 0 Å². The normalized spacial score (nSPS) is 17.0. The predicted molar refractivity (Wildman–Crippen MR) is 91.5 cm³/mol. The molecule has 2 nitrogen and oxygen atoms in total. The number of fused-ring (bicyclic) bond motifs is 2. The number of benzene rings is 1. The molecule has 1 heterocycles. The van der Waals surface area contributed by atoms with Crippen LogP contribution in [0.4, 0.5) is 0 Å². The topological polar surface area (TPSA) is 33.1 Å². The predicted octanol–water partition coefficient (Wildman–Crippen LogP) is 4.74. The highest BCUT2D eigenvalue weighted by atomic mass is 79.9. The lowest BCUT2D eigenvalue weighted by Gasteiger charge is -2.16. The molecule has 0 aliphatic heterocycles. The van der Waals surface area contributed by atoms with Crippen molar-refractivity contribution in [1.29, 1.82) is 0 Å². The van der Waals surface area contributed by atoms with Gasteiger partial charge in [0.2, 0.25) is 0 Å². The van der Waals surface area contributed by atoms with E-state index in [1.807, 2.05) is 0 Å². The average Bonchev–Trinajstić information content (AvgIpc) is 2.60. The van der Waals surface area contributed by atoms with Crippen molar-refractivity contribution in [2.75, 3.05) is 0 Å². The van der Waals surface area contributed by atoms with Gasteiger partial charge in [0.15, 0.2) is 0 Å². The van der Waals surface area contributed by atoms with Crippen LogP contribution < -0.4 is 0 Å². The van der Waals surface area contributed by atoms with Crippen molar-refractivity contribution in [1.82, 2.24) is 4.98 Å². The first-order chi connectivity index (χ1) is 10.1. The van der Waals surface area contributed by atoms with Crippen molar-refractivity contribution < 1.29 is 5.11 Å². The summed E-state index contributed by atoms with van der Waals surface area (Å²) in [6.45, 7) is 2.18. The highest BCUT2D eigenvalue weighted by Gasteiger charge is 2.25. The minimum Gasteiger partial charge on any atom is -0.382 e. The Labute approximate surface area is 141 Å². The first kappa shape index (κ1) is 15.2. The highest BCUT2D eigenvalue weighted by molar-refractivity contribution is 9.10. The first-order valence-electron chi connectivity index (χ1n) is 7.24. The van der Waals surface area contributed by atoms with Crippen molar-refractivity contribution in [2.45, 2.75) is 38.7 Å². The Bertz CT molecular complexity index is 685. The molecule has 4 heteroatoms. The van der Waals surface area contributed by atoms with Crippen molar-refractivity contribution in [3.63, 3.8) is 0 Å². The maximum absolute atomic E-state index is 10.7. The highest BCUT2D eigenvalue weighted by Crippen LogP contribution is 2.37. The second-order valence-electron chi connectivity index (χ2n) is 5.46. The SMILES string of the molecule is CCCc1ccc2c(c1Br)CCc1cc(Br)cnc1C2O. The standard InChI is InChI=1S/C17H17Br2NO/c1-2-3-10-4-7-14-13(15(10)19)6-5-11-8-12(18)9-20-16(11)17(14)21/h4,7-9,17,21H,2-3,5-6H2,1H3. The molecule has 3 rings (SSSR count). The molecule has 1 unspecified atom stereocenters. The van der Waals surface area contributed by atoms with Gasteiger partial charge in [-0.15, -0.1) is 0 Å². The largest absolute Gasteiger partial charge is 0.382 e. The number of aryl methyl sites for hydroxylation is 2. The minimum absolute atomic E-state index is 0.641. The van der Waals surface area contributed by atoms with Crippen LogP contribution in [0, 0.1) is 0 Å². The lowest BCUT2D eigenvalue weighted by molar-refractivity contribution is 0.214. The number of rotatable bonds is 2. The third kappa shape index (κ3) is 2.81. The second kappa shape index (κ2) is 6.19. The van der Waals surface area contributed by atoms with E-state index in [1.165, 1.54) is 11.1 Å². The third-order valence-electron chi connectivity index (χ3n) is 4.04. The molecule has 2 aromatic rings. The molecular formula is C17H17Br2NO. The van der Waals surface area contributed by atoms with E-state index in [9.17, 15) is 5.11 Å².